The maximum Gasteiger partial charge on any atom is 0.262 e. The molecule has 1 fully saturated rings. The molecule has 2 unspecified atom stereocenters. The van der Waals surface area contributed by atoms with Crippen molar-refractivity contribution in [1.82, 2.24) is 9.88 Å². The molecule has 0 saturated carbocycles. The van der Waals surface area contributed by atoms with Crippen LogP contribution in [0.5, 0.6) is 0 Å². The van der Waals surface area contributed by atoms with Crippen molar-refractivity contribution in [2.45, 2.75) is 36.2 Å². The number of rotatable bonds is 6. The first-order chi connectivity index (χ1) is 16.9. The molecule has 2 atom stereocenters. The number of H-pyrrole nitrogens is 1. The lowest BCUT2D eigenvalue weighted by Crippen LogP contribution is -2.46. The van der Waals surface area contributed by atoms with Gasteiger partial charge in [-0.2, -0.15) is 5.26 Å². The molecular formula is C26H25N5O3S. The van der Waals surface area contributed by atoms with E-state index in [-0.39, 0.29) is 17.2 Å². The summed E-state index contributed by atoms with van der Waals surface area (Å²) in [7, 11) is -3.84. The molecule has 8 nitrogen and oxygen atoms in total. The van der Waals surface area contributed by atoms with Crippen LogP contribution in [-0.2, 0) is 21.2 Å². The molecule has 1 aromatic heterocycles. The van der Waals surface area contributed by atoms with E-state index >= 15 is 0 Å². The molecule has 0 radical (unpaired) electrons. The van der Waals surface area contributed by atoms with Crippen molar-refractivity contribution < 1.29 is 13.2 Å². The number of nitriles is 1. The summed E-state index contributed by atoms with van der Waals surface area (Å²) < 4.78 is 29.2. The summed E-state index contributed by atoms with van der Waals surface area (Å²) in [6.07, 6.45) is 3.52. The van der Waals surface area contributed by atoms with Crippen LogP contribution in [-0.4, -0.2) is 42.8 Å². The minimum Gasteiger partial charge on any atom is -0.361 e. The molecule has 1 aliphatic rings. The number of aromatic amines is 1. The number of carbonyl (C=O) groups is 1. The summed E-state index contributed by atoms with van der Waals surface area (Å²) in [6, 6.07) is 18.7. The van der Waals surface area contributed by atoms with Crippen LogP contribution < -0.4 is 10.5 Å². The lowest BCUT2D eigenvalue weighted by Gasteiger charge is -2.23. The van der Waals surface area contributed by atoms with Crippen LogP contribution in [0.3, 0.4) is 0 Å². The number of benzene rings is 3. The molecule has 0 bridgehead atoms. The van der Waals surface area contributed by atoms with E-state index in [1.807, 2.05) is 24.3 Å². The van der Waals surface area contributed by atoms with Crippen LogP contribution in [0.25, 0.3) is 21.7 Å². The van der Waals surface area contributed by atoms with Crippen molar-refractivity contribution >= 4 is 43.3 Å². The SMILES string of the molecule is N#CC1CCCN1C(=O)C(N)Cc1c[nH]c2ccc(NS(=O)(=O)c3cccc4ccccc34)cc12. The summed E-state index contributed by atoms with van der Waals surface area (Å²) in [5.41, 5.74) is 8.27. The predicted molar refractivity (Wildman–Crippen MR) is 135 cm³/mol. The van der Waals surface area contributed by atoms with Gasteiger partial charge in [0.15, 0.2) is 0 Å². The fraction of sp³-hybridized carbons (Fsp3) is 0.231. The predicted octanol–water partition coefficient (Wildman–Crippen LogP) is 3.51. The van der Waals surface area contributed by atoms with E-state index < -0.39 is 22.1 Å². The number of fused-ring (bicyclic) bond motifs is 2. The normalized spacial score (nSPS) is 16.9. The first-order valence-electron chi connectivity index (χ1n) is 11.4. The number of likely N-dealkylation sites (tertiary alicyclic amines) is 1. The summed E-state index contributed by atoms with van der Waals surface area (Å²) >= 11 is 0. The Morgan fingerprint density at radius 3 is 2.80 bits per heavy atom. The molecular weight excluding hydrogens is 462 g/mol. The number of carbonyl (C=O) groups excluding carboxylic acids is 1. The van der Waals surface area contributed by atoms with Gasteiger partial charge < -0.3 is 15.6 Å². The van der Waals surface area contributed by atoms with Crippen LogP contribution >= 0.6 is 0 Å². The van der Waals surface area contributed by atoms with E-state index in [0.717, 1.165) is 28.3 Å². The zero-order chi connectivity index (χ0) is 24.6. The van der Waals surface area contributed by atoms with Gasteiger partial charge in [0, 0.05) is 34.7 Å². The first kappa shape index (κ1) is 22.9. The molecule has 35 heavy (non-hydrogen) atoms. The quantitative estimate of drug-likeness (QED) is 0.383. The molecule has 1 aliphatic heterocycles. The summed E-state index contributed by atoms with van der Waals surface area (Å²) in [4.78, 5) is 17.8. The van der Waals surface area contributed by atoms with Gasteiger partial charge in [0.05, 0.1) is 17.0 Å². The topological polar surface area (TPSA) is 132 Å². The zero-order valence-corrected chi connectivity index (χ0v) is 19.8. The van der Waals surface area contributed by atoms with Gasteiger partial charge in [0.2, 0.25) is 5.91 Å². The van der Waals surface area contributed by atoms with Gasteiger partial charge >= 0.3 is 0 Å². The minimum atomic E-state index is -3.84. The lowest BCUT2D eigenvalue weighted by atomic mass is 10.0. The number of nitrogens with two attached hydrogens (primary N) is 1. The average molecular weight is 488 g/mol. The standard InChI is InChI=1S/C26H25N5O3S/c27-15-20-7-4-12-31(20)26(32)23(28)13-18-16-29-24-11-10-19(14-22(18)24)30-35(33,34)25-9-3-6-17-5-1-2-8-21(17)25/h1-3,5-6,8-11,14,16,20,23,29-30H,4,7,12-13,28H2. The molecule has 1 amide bonds. The van der Waals surface area contributed by atoms with Gasteiger partial charge in [-0.05, 0) is 54.5 Å². The number of hydrogen-bond acceptors (Lipinski definition) is 5. The van der Waals surface area contributed by atoms with Crippen LogP contribution in [0.1, 0.15) is 18.4 Å². The Kier molecular flexibility index (Phi) is 5.93. The van der Waals surface area contributed by atoms with E-state index in [2.05, 4.69) is 15.8 Å². The molecule has 4 aromatic rings. The van der Waals surface area contributed by atoms with Crippen molar-refractivity contribution in [3.8, 4) is 6.07 Å². The van der Waals surface area contributed by atoms with Crippen molar-refractivity contribution in [3.63, 3.8) is 0 Å². The highest BCUT2D eigenvalue weighted by atomic mass is 32.2. The lowest BCUT2D eigenvalue weighted by molar-refractivity contribution is -0.132. The molecule has 0 spiro atoms. The molecule has 5 rings (SSSR count). The van der Waals surface area contributed by atoms with Gasteiger partial charge in [0.1, 0.15) is 6.04 Å². The summed E-state index contributed by atoms with van der Waals surface area (Å²) in [6.45, 7) is 0.540. The first-order valence-corrected chi connectivity index (χ1v) is 12.9. The van der Waals surface area contributed by atoms with Gasteiger partial charge in [-0.3, -0.25) is 9.52 Å². The van der Waals surface area contributed by atoms with E-state index in [4.69, 9.17) is 5.73 Å². The third-order valence-electron chi connectivity index (χ3n) is 6.50. The second-order valence-corrected chi connectivity index (χ2v) is 10.4. The Hall–Kier alpha value is -3.87. The number of aromatic nitrogens is 1. The van der Waals surface area contributed by atoms with Gasteiger partial charge in [-0.15, -0.1) is 0 Å². The van der Waals surface area contributed by atoms with Crippen molar-refractivity contribution in [3.05, 3.63) is 72.4 Å². The number of nitrogens with one attached hydrogen (secondary N) is 2. The Morgan fingerprint density at radius 2 is 1.97 bits per heavy atom. The van der Waals surface area contributed by atoms with E-state index in [0.29, 0.717) is 24.0 Å². The summed E-state index contributed by atoms with van der Waals surface area (Å²) in [5, 5.41) is 11.6. The number of amides is 1. The number of hydrogen-bond donors (Lipinski definition) is 3. The molecule has 1 saturated heterocycles. The fourth-order valence-electron chi connectivity index (χ4n) is 4.75. The van der Waals surface area contributed by atoms with Crippen molar-refractivity contribution in [1.29, 1.82) is 5.26 Å². The second-order valence-electron chi connectivity index (χ2n) is 8.79. The average Bonchev–Trinajstić information content (AvgIpc) is 3.50. The largest absolute Gasteiger partial charge is 0.361 e. The highest BCUT2D eigenvalue weighted by Gasteiger charge is 2.32. The Bertz CT molecular complexity index is 1570. The van der Waals surface area contributed by atoms with Gasteiger partial charge in [-0.1, -0.05) is 36.4 Å². The van der Waals surface area contributed by atoms with Crippen LogP contribution in [0.4, 0.5) is 5.69 Å². The highest BCUT2D eigenvalue weighted by molar-refractivity contribution is 7.93. The number of nitrogens with zero attached hydrogens (tertiary/aromatic N) is 2. The van der Waals surface area contributed by atoms with Gasteiger partial charge in [-0.25, -0.2) is 8.42 Å². The smallest absolute Gasteiger partial charge is 0.262 e. The van der Waals surface area contributed by atoms with Gasteiger partial charge in [0.25, 0.3) is 10.0 Å². The molecule has 4 N–H and O–H groups in total. The molecule has 9 heteroatoms. The van der Waals surface area contributed by atoms with E-state index in [1.54, 1.807) is 47.5 Å². The zero-order valence-electron chi connectivity index (χ0n) is 18.9. The van der Waals surface area contributed by atoms with E-state index in [1.165, 1.54) is 0 Å². The second kappa shape index (κ2) is 9.06. The fourth-order valence-corrected chi connectivity index (χ4v) is 6.03. The van der Waals surface area contributed by atoms with Crippen LogP contribution in [0.15, 0.2) is 71.8 Å². The maximum atomic E-state index is 13.2. The van der Waals surface area contributed by atoms with Crippen molar-refractivity contribution in [2.24, 2.45) is 5.73 Å². The van der Waals surface area contributed by atoms with E-state index in [9.17, 15) is 18.5 Å². The summed E-state index contributed by atoms with van der Waals surface area (Å²) in [5.74, 6) is -0.240. The Labute approximate surface area is 203 Å². The molecule has 3 aromatic carbocycles. The monoisotopic (exact) mass is 487 g/mol. The van der Waals surface area contributed by atoms with Crippen LogP contribution in [0, 0.1) is 11.3 Å². The number of anilines is 1. The van der Waals surface area contributed by atoms with Crippen molar-refractivity contribution in [2.75, 3.05) is 11.3 Å². The minimum absolute atomic E-state index is 0.204. The number of sulfonamides is 1. The molecule has 178 valence electrons. The maximum absolute atomic E-state index is 13.2. The molecule has 2 heterocycles. The Balaban J connectivity index is 1.40. The third-order valence-corrected chi connectivity index (χ3v) is 7.94. The molecule has 0 aliphatic carbocycles. The highest BCUT2D eigenvalue weighted by Crippen LogP contribution is 2.28. The third kappa shape index (κ3) is 4.34. The Morgan fingerprint density at radius 1 is 1.17 bits per heavy atom. The van der Waals surface area contributed by atoms with Crippen LogP contribution in [0.2, 0.25) is 0 Å².